The topological polar surface area (TPSA) is 17.1 Å². The summed E-state index contributed by atoms with van der Waals surface area (Å²) in [6, 6.07) is 0. The molecule has 1 nitrogen and oxygen atoms in total. The van der Waals surface area contributed by atoms with Gasteiger partial charge in [-0.2, -0.15) is 0 Å². The van der Waals surface area contributed by atoms with Crippen molar-refractivity contribution in [1.29, 1.82) is 0 Å². The Balaban J connectivity index is 2.31. The first-order valence-corrected chi connectivity index (χ1v) is 3.45. The number of rotatable bonds is 2. The van der Waals surface area contributed by atoms with E-state index in [9.17, 15) is 4.79 Å². The van der Waals surface area contributed by atoms with Crippen LogP contribution < -0.4 is 0 Å². The molecule has 1 unspecified atom stereocenters. The number of carbonyl (C=O) groups excluding carboxylic acids is 1. The molecule has 0 amide bonds. The van der Waals surface area contributed by atoms with Gasteiger partial charge in [0, 0.05) is 6.42 Å². The smallest absolute Gasteiger partial charge is 0.198 e. The zero-order valence-corrected chi connectivity index (χ0v) is 5.47. The molecule has 1 atom stereocenters. The highest BCUT2D eigenvalue weighted by Gasteiger charge is 2.06. The molecule has 0 N–H and O–H groups in total. The second kappa shape index (κ2) is 3.44. The maximum atomic E-state index is 9.91. The summed E-state index contributed by atoms with van der Waals surface area (Å²) in [5.74, 6) is 0.497. The molecule has 1 aliphatic carbocycles. The maximum Gasteiger partial charge on any atom is 0.198 e. The van der Waals surface area contributed by atoms with E-state index in [1.807, 2.05) is 6.29 Å². The molecule has 9 heavy (non-hydrogen) atoms. The fraction of sp³-hybridized carbons (Fsp3) is 0.625. The lowest BCUT2D eigenvalue weighted by atomic mass is 9.94. The Hall–Kier alpha value is -0.590. The maximum absolute atomic E-state index is 9.91. The minimum Gasteiger partial charge on any atom is -0.291 e. The molecule has 0 saturated heterocycles. The molecule has 0 aromatic carbocycles. The van der Waals surface area contributed by atoms with Crippen LogP contribution in [0.25, 0.3) is 0 Å². The van der Waals surface area contributed by atoms with Crippen LogP contribution in [0.4, 0.5) is 0 Å². The quantitative estimate of drug-likeness (QED) is 0.512. The molecule has 1 rings (SSSR count). The average Bonchev–Trinajstić information content (AvgIpc) is 1.91. The number of allylic oxidation sites excluding steroid dienone is 2. The molecule has 0 fully saturated rings. The minimum atomic E-state index is 0.497. The highest BCUT2D eigenvalue weighted by Crippen LogP contribution is 2.18. The van der Waals surface area contributed by atoms with Gasteiger partial charge in [-0.15, -0.1) is 0 Å². The third-order valence-corrected chi connectivity index (χ3v) is 1.70. The van der Waals surface area contributed by atoms with Crippen molar-refractivity contribution in [2.45, 2.75) is 25.7 Å². The summed E-state index contributed by atoms with van der Waals surface area (Å²) in [6.07, 6.45) is 10.4. The molecule has 0 bridgehead atoms. The van der Waals surface area contributed by atoms with Gasteiger partial charge in [0.05, 0.1) is 0 Å². The van der Waals surface area contributed by atoms with Crippen molar-refractivity contribution in [3.63, 3.8) is 0 Å². The van der Waals surface area contributed by atoms with E-state index in [4.69, 9.17) is 0 Å². The molecule has 1 heteroatoms. The highest BCUT2D eigenvalue weighted by molar-refractivity contribution is 5.51. The molecule has 0 saturated carbocycles. The van der Waals surface area contributed by atoms with Gasteiger partial charge in [0.15, 0.2) is 6.29 Å². The van der Waals surface area contributed by atoms with E-state index in [-0.39, 0.29) is 0 Å². The normalized spacial score (nSPS) is 26.0. The lowest BCUT2D eigenvalue weighted by Gasteiger charge is -2.11. The third-order valence-electron chi connectivity index (χ3n) is 1.70. The molecule has 1 aliphatic rings. The first-order chi connectivity index (χ1) is 4.43. The summed E-state index contributed by atoms with van der Waals surface area (Å²) in [5.41, 5.74) is 0. The minimum absolute atomic E-state index is 0.497. The molecule has 1 radical (unpaired) electrons. The van der Waals surface area contributed by atoms with Crippen LogP contribution in [0.3, 0.4) is 0 Å². The molecular formula is C8H11O. The molecular weight excluding hydrogens is 112 g/mol. The van der Waals surface area contributed by atoms with Crippen molar-refractivity contribution < 1.29 is 4.79 Å². The Kier molecular flexibility index (Phi) is 2.49. The van der Waals surface area contributed by atoms with Crippen LogP contribution in [0.15, 0.2) is 12.2 Å². The molecule has 0 aromatic rings. The van der Waals surface area contributed by atoms with E-state index >= 15 is 0 Å². The average molecular weight is 123 g/mol. The zero-order valence-electron chi connectivity index (χ0n) is 5.47. The summed E-state index contributed by atoms with van der Waals surface area (Å²) in [4.78, 5) is 9.91. The first kappa shape index (κ1) is 6.53. The van der Waals surface area contributed by atoms with Crippen molar-refractivity contribution >= 4 is 6.29 Å². The summed E-state index contributed by atoms with van der Waals surface area (Å²) in [6.45, 7) is 0. The molecule has 0 spiro atoms. The lowest BCUT2D eigenvalue weighted by molar-refractivity contribution is 0.511. The van der Waals surface area contributed by atoms with Gasteiger partial charge in [-0.1, -0.05) is 12.2 Å². The Morgan fingerprint density at radius 1 is 1.67 bits per heavy atom. The van der Waals surface area contributed by atoms with Crippen LogP contribution in [0.5, 0.6) is 0 Å². The predicted octanol–water partition coefficient (Wildman–Crippen LogP) is 1.84. The Labute approximate surface area is 55.8 Å². The fourth-order valence-corrected chi connectivity index (χ4v) is 1.16. The Morgan fingerprint density at radius 3 is 3.11 bits per heavy atom. The number of hydrogen-bond donors (Lipinski definition) is 0. The monoisotopic (exact) mass is 123 g/mol. The summed E-state index contributed by atoms with van der Waals surface area (Å²) in [5, 5.41) is 0. The predicted molar refractivity (Wildman–Crippen MR) is 36.8 cm³/mol. The Morgan fingerprint density at radius 2 is 2.56 bits per heavy atom. The highest BCUT2D eigenvalue weighted by atomic mass is 16.1. The fourth-order valence-electron chi connectivity index (χ4n) is 1.16. The van der Waals surface area contributed by atoms with Crippen molar-refractivity contribution in [3.8, 4) is 0 Å². The Bertz CT molecular complexity index is 116. The van der Waals surface area contributed by atoms with Crippen molar-refractivity contribution in [3.05, 3.63) is 12.2 Å². The van der Waals surface area contributed by atoms with Crippen molar-refractivity contribution in [2.75, 3.05) is 0 Å². The molecule has 0 aromatic heterocycles. The van der Waals surface area contributed by atoms with E-state index < -0.39 is 0 Å². The second-order valence-corrected chi connectivity index (χ2v) is 2.47. The summed E-state index contributed by atoms with van der Waals surface area (Å²) < 4.78 is 0. The lowest BCUT2D eigenvalue weighted by Crippen LogP contribution is -2.00. The summed E-state index contributed by atoms with van der Waals surface area (Å²) >= 11 is 0. The zero-order chi connectivity index (χ0) is 6.53. The molecule has 49 valence electrons. The molecule has 0 heterocycles. The largest absolute Gasteiger partial charge is 0.291 e. The van der Waals surface area contributed by atoms with E-state index in [0.717, 1.165) is 0 Å². The summed E-state index contributed by atoms with van der Waals surface area (Å²) in [7, 11) is 0. The van der Waals surface area contributed by atoms with Crippen LogP contribution in [0.2, 0.25) is 0 Å². The van der Waals surface area contributed by atoms with Gasteiger partial charge in [-0.3, -0.25) is 4.79 Å². The third kappa shape index (κ3) is 2.00. The van der Waals surface area contributed by atoms with Crippen molar-refractivity contribution in [1.82, 2.24) is 0 Å². The SMILES string of the molecule is O=[C]CC1C=CCCC1. The van der Waals surface area contributed by atoms with Crippen LogP contribution >= 0.6 is 0 Å². The van der Waals surface area contributed by atoms with Gasteiger partial charge >= 0.3 is 0 Å². The first-order valence-electron chi connectivity index (χ1n) is 3.45. The van der Waals surface area contributed by atoms with Gasteiger partial charge < -0.3 is 0 Å². The van der Waals surface area contributed by atoms with Gasteiger partial charge in [-0.05, 0) is 25.2 Å². The van der Waals surface area contributed by atoms with Crippen LogP contribution in [0.1, 0.15) is 25.7 Å². The van der Waals surface area contributed by atoms with Gasteiger partial charge in [0.2, 0.25) is 0 Å². The standard InChI is InChI=1S/C8H11O/c9-7-6-8-4-2-1-3-5-8/h2,4,8H,1,3,5-6H2. The van der Waals surface area contributed by atoms with Gasteiger partial charge in [0.25, 0.3) is 0 Å². The van der Waals surface area contributed by atoms with Gasteiger partial charge in [0.1, 0.15) is 0 Å². The van der Waals surface area contributed by atoms with Crippen molar-refractivity contribution in [2.24, 2.45) is 5.92 Å². The van der Waals surface area contributed by atoms with Crippen LogP contribution in [0, 0.1) is 5.92 Å². The van der Waals surface area contributed by atoms with E-state index in [1.54, 1.807) is 0 Å². The van der Waals surface area contributed by atoms with Crippen LogP contribution in [-0.4, -0.2) is 6.29 Å². The second-order valence-electron chi connectivity index (χ2n) is 2.47. The number of hydrogen-bond acceptors (Lipinski definition) is 1. The molecule has 0 aliphatic heterocycles. The van der Waals surface area contributed by atoms with E-state index in [0.29, 0.717) is 12.3 Å². The van der Waals surface area contributed by atoms with Crippen LogP contribution in [-0.2, 0) is 4.79 Å². The van der Waals surface area contributed by atoms with Gasteiger partial charge in [-0.25, -0.2) is 0 Å². The van der Waals surface area contributed by atoms with E-state index in [1.165, 1.54) is 19.3 Å². The van der Waals surface area contributed by atoms with E-state index in [2.05, 4.69) is 12.2 Å².